The maximum absolute atomic E-state index is 10.4. The van der Waals surface area contributed by atoms with Gasteiger partial charge < -0.3 is 5.11 Å². The SMILES string of the molecule is C=C(C(=O)O)c1ccc(C#N)s1. The molecule has 0 fully saturated rings. The molecule has 0 atom stereocenters. The molecule has 60 valence electrons. The lowest BCUT2D eigenvalue weighted by Gasteiger charge is -1.91. The second-order valence-corrected chi connectivity index (χ2v) is 3.14. The fourth-order valence-electron chi connectivity index (χ4n) is 0.666. The first kappa shape index (κ1) is 8.50. The molecule has 0 saturated heterocycles. The molecule has 3 nitrogen and oxygen atoms in total. The van der Waals surface area contributed by atoms with E-state index in [4.69, 9.17) is 10.4 Å². The minimum Gasteiger partial charge on any atom is -0.478 e. The highest BCUT2D eigenvalue weighted by atomic mass is 32.1. The van der Waals surface area contributed by atoms with Gasteiger partial charge in [0.1, 0.15) is 10.9 Å². The predicted octanol–water partition coefficient (Wildman–Crippen LogP) is 1.72. The van der Waals surface area contributed by atoms with Gasteiger partial charge in [-0.3, -0.25) is 0 Å². The summed E-state index contributed by atoms with van der Waals surface area (Å²) in [5, 5.41) is 17.0. The average molecular weight is 179 g/mol. The minimum absolute atomic E-state index is 0.0292. The number of carboxylic acids is 1. The highest BCUT2D eigenvalue weighted by molar-refractivity contribution is 7.14. The average Bonchev–Trinajstić information content (AvgIpc) is 2.50. The Morgan fingerprint density at radius 1 is 1.67 bits per heavy atom. The van der Waals surface area contributed by atoms with Crippen molar-refractivity contribution >= 4 is 22.9 Å². The summed E-state index contributed by atoms with van der Waals surface area (Å²) in [6.45, 7) is 3.37. The van der Waals surface area contributed by atoms with Crippen molar-refractivity contribution in [2.45, 2.75) is 0 Å². The summed E-state index contributed by atoms with van der Waals surface area (Å²) in [5.41, 5.74) is 0.0292. The van der Waals surface area contributed by atoms with Crippen LogP contribution in [0.4, 0.5) is 0 Å². The highest BCUT2D eigenvalue weighted by Crippen LogP contribution is 2.22. The van der Waals surface area contributed by atoms with E-state index < -0.39 is 5.97 Å². The quantitative estimate of drug-likeness (QED) is 0.703. The number of carboxylic acid groups (broad SMARTS) is 1. The van der Waals surface area contributed by atoms with Gasteiger partial charge in [0.15, 0.2) is 0 Å². The molecule has 1 rings (SSSR count). The van der Waals surface area contributed by atoms with Crippen LogP contribution < -0.4 is 0 Å². The Labute approximate surface area is 73.2 Å². The van der Waals surface area contributed by atoms with E-state index in [1.54, 1.807) is 12.1 Å². The van der Waals surface area contributed by atoms with Gasteiger partial charge in [0, 0.05) is 4.88 Å². The van der Waals surface area contributed by atoms with E-state index in [9.17, 15) is 4.79 Å². The number of hydrogen-bond acceptors (Lipinski definition) is 3. The Kier molecular flexibility index (Phi) is 2.26. The zero-order valence-corrected chi connectivity index (χ0v) is 6.89. The van der Waals surface area contributed by atoms with Crippen LogP contribution in [0.5, 0.6) is 0 Å². The Balaban J connectivity index is 2.99. The minimum atomic E-state index is -1.05. The number of nitrogens with zero attached hydrogens (tertiary/aromatic N) is 1. The lowest BCUT2D eigenvalue weighted by atomic mass is 10.2. The maximum atomic E-state index is 10.4. The molecule has 12 heavy (non-hydrogen) atoms. The number of thiophene rings is 1. The van der Waals surface area contributed by atoms with Crippen molar-refractivity contribution in [1.29, 1.82) is 5.26 Å². The lowest BCUT2D eigenvalue weighted by molar-refractivity contribution is -0.130. The van der Waals surface area contributed by atoms with Gasteiger partial charge in [-0.25, -0.2) is 4.79 Å². The highest BCUT2D eigenvalue weighted by Gasteiger charge is 2.09. The summed E-state index contributed by atoms with van der Waals surface area (Å²) < 4.78 is 0. The van der Waals surface area contributed by atoms with Crippen LogP contribution in [-0.2, 0) is 4.79 Å². The molecule has 0 aliphatic carbocycles. The molecule has 1 aromatic rings. The van der Waals surface area contributed by atoms with Gasteiger partial charge in [0.25, 0.3) is 0 Å². The standard InChI is InChI=1S/C8H5NO2S/c1-5(8(10)11)7-3-2-6(4-9)12-7/h2-3H,1H2,(H,10,11). The van der Waals surface area contributed by atoms with E-state index in [-0.39, 0.29) is 5.57 Å². The second kappa shape index (κ2) is 3.20. The summed E-state index contributed by atoms with van der Waals surface area (Å²) in [6, 6.07) is 5.09. The smallest absolute Gasteiger partial charge is 0.336 e. The zero-order valence-electron chi connectivity index (χ0n) is 6.07. The van der Waals surface area contributed by atoms with Crippen molar-refractivity contribution in [3.63, 3.8) is 0 Å². The molecule has 4 heteroatoms. The number of hydrogen-bond donors (Lipinski definition) is 1. The maximum Gasteiger partial charge on any atom is 0.336 e. The molecule has 0 aromatic carbocycles. The largest absolute Gasteiger partial charge is 0.478 e. The third kappa shape index (κ3) is 1.52. The van der Waals surface area contributed by atoms with Gasteiger partial charge in [-0.2, -0.15) is 5.26 Å². The molecule has 0 aliphatic rings. The van der Waals surface area contributed by atoms with E-state index in [1.807, 2.05) is 6.07 Å². The van der Waals surface area contributed by atoms with E-state index in [2.05, 4.69) is 6.58 Å². The van der Waals surface area contributed by atoms with Gasteiger partial charge >= 0.3 is 5.97 Å². The summed E-state index contributed by atoms with van der Waals surface area (Å²) in [4.78, 5) is 11.4. The molecule has 0 bridgehead atoms. The van der Waals surface area contributed by atoms with Crippen molar-refractivity contribution in [2.24, 2.45) is 0 Å². The zero-order chi connectivity index (χ0) is 9.14. The van der Waals surface area contributed by atoms with Crippen molar-refractivity contribution in [3.05, 3.63) is 28.5 Å². The van der Waals surface area contributed by atoms with Crippen LogP contribution >= 0.6 is 11.3 Å². The number of aliphatic carboxylic acids is 1. The molecule has 1 N–H and O–H groups in total. The van der Waals surface area contributed by atoms with Crippen molar-refractivity contribution in [3.8, 4) is 6.07 Å². The van der Waals surface area contributed by atoms with E-state index in [0.717, 1.165) is 11.3 Å². The van der Waals surface area contributed by atoms with Crippen LogP contribution in [0.25, 0.3) is 5.57 Å². The van der Waals surface area contributed by atoms with Gasteiger partial charge in [-0.15, -0.1) is 11.3 Å². The molecule has 0 aliphatic heterocycles. The van der Waals surface area contributed by atoms with E-state index in [0.29, 0.717) is 9.75 Å². The van der Waals surface area contributed by atoms with Crippen molar-refractivity contribution in [2.75, 3.05) is 0 Å². The Morgan fingerprint density at radius 3 is 2.75 bits per heavy atom. The molecule has 1 aromatic heterocycles. The molecular weight excluding hydrogens is 174 g/mol. The first-order valence-corrected chi connectivity index (χ1v) is 3.89. The molecule has 0 spiro atoms. The third-order valence-electron chi connectivity index (χ3n) is 1.27. The first-order chi connectivity index (χ1) is 5.65. The Hall–Kier alpha value is -1.60. The van der Waals surface area contributed by atoms with Crippen LogP contribution in [0, 0.1) is 11.3 Å². The van der Waals surface area contributed by atoms with Crippen LogP contribution in [-0.4, -0.2) is 11.1 Å². The van der Waals surface area contributed by atoms with Crippen molar-refractivity contribution in [1.82, 2.24) is 0 Å². The number of nitriles is 1. The van der Waals surface area contributed by atoms with E-state index >= 15 is 0 Å². The summed E-state index contributed by atoms with van der Waals surface area (Å²) >= 11 is 1.13. The fraction of sp³-hybridized carbons (Fsp3) is 0. The number of carbonyl (C=O) groups is 1. The molecule has 0 unspecified atom stereocenters. The Bertz CT molecular complexity index is 373. The van der Waals surface area contributed by atoms with Crippen LogP contribution in [0.15, 0.2) is 18.7 Å². The molecule has 1 heterocycles. The van der Waals surface area contributed by atoms with Crippen molar-refractivity contribution < 1.29 is 9.90 Å². The summed E-state index contributed by atoms with van der Waals surface area (Å²) in [6.07, 6.45) is 0. The van der Waals surface area contributed by atoms with Crippen LogP contribution in [0.1, 0.15) is 9.75 Å². The number of rotatable bonds is 2. The van der Waals surface area contributed by atoms with Crippen LogP contribution in [0.2, 0.25) is 0 Å². The van der Waals surface area contributed by atoms with Gasteiger partial charge in [0.2, 0.25) is 0 Å². The molecule has 0 saturated carbocycles. The third-order valence-corrected chi connectivity index (χ3v) is 2.32. The topological polar surface area (TPSA) is 61.1 Å². The summed E-state index contributed by atoms with van der Waals surface area (Å²) in [7, 11) is 0. The van der Waals surface area contributed by atoms with Gasteiger partial charge in [-0.05, 0) is 12.1 Å². The summed E-state index contributed by atoms with van der Waals surface area (Å²) in [5.74, 6) is -1.05. The monoisotopic (exact) mass is 179 g/mol. The van der Waals surface area contributed by atoms with Gasteiger partial charge in [-0.1, -0.05) is 6.58 Å². The molecular formula is C8H5NO2S. The molecule has 0 radical (unpaired) electrons. The fourth-order valence-corrected chi connectivity index (χ4v) is 1.43. The molecule has 0 amide bonds. The Morgan fingerprint density at radius 2 is 2.33 bits per heavy atom. The van der Waals surface area contributed by atoms with E-state index in [1.165, 1.54) is 0 Å². The predicted molar refractivity (Wildman–Crippen MR) is 45.7 cm³/mol. The van der Waals surface area contributed by atoms with Gasteiger partial charge in [0.05, 0.1) is 5.57 Å². The normalized spacial score (nSPS) is 8.92. The first-order valence-electron chi connectivity index (χ1n) is 3.07. The second-order valence-electron chi connectivity index (χ2n) is 2.06. The lowest BCUT2D eigenvalue weighted by Crippen LogP contribution is -1.94. The van der Waals surface area contributed by atoms with Crippen LogP contribution in [0.3, 0.4) is 0 Å².